The molecule has 1 atom stereocenters. The molecule has 0 bridgehead atoms. The molecule has 2 saturated heterocycles. The van der Waals surface area contributed by atoms with E-state index in [4.69, 9.17) is 9.47 Å². The molecule has 0 N–H and O–H groups in total. The normalized spacial score (nSPS) is 23.6. The highest BCUT2D eigenvalue weighted by Gasteiger charge is 2.44. The molecule has 5 nitrogen and oxygen atoms in total. The Morgan fingerprint density at radius 2 is 1.96 bits per heavy atom. The summed E-state index contributed by atoms with van der Waals surface area (Å²) in [7, 11) is 3.95. The highest BCUT2D eigenvalue weighted by atomic mass is 16.5. The lowest BCUT2D eigenvalue weighted by molar-refractivity contribution is -0.135. The monoisotopic (exact) mass is 332 g/mol. The van der Waals surface area contributed by atoms with Crippen LogP contribution in [0.1, 0.15) is 19.3 Å². The van der Waals surface area contributed by atoms with E-state index < -0.39 is 0 Å². The molecule has 132 valence electrons. The van der Waals surface area contributed by atoms with Crippen LogP contribution in [0.3, 0.4) is 0 Å². The third-order valence-electron chi connectivity index (χ3n) is 5.52. The van der Waals surface area contributed by atoms with Crippen LogP contribution in [-0.2, 0) is 9.53 Å². The van der Waals surface area contributed by atoms with Gasteiger partial charge in [-0.05, 0) is 43.9 Å². The molecule has 1 amide bonds. The van der Waals surface area contributed by atoms with Crippen LogP contribution in [0.25, 0.3) is 0 Å². The maximum atomic E-state index is 12.4. The number of benzene rings is 1. The van der Waals surface area contributed by atoms with Gasteiger partial charge < -0.3 is 19.3 Å². The van der Waals surface area contributed by atoms with E-state index in [1.165, 1.54) is 6.42 Å². The SMILES string of the molecule is COC[C@@H]1CC2(CCN(C(=O)COc3ccccc3)CC2)CN1C. The smallest absolute Gasteiger partial charge is 0.260 e. The minimum atomic E-state index is 0.0912. The first-order valence-corrected chi connectivity index (χ1v) is 8.77. The van der Waals surface area contributed by atoms with Gasteiger partial charge >= 0.3 is 0 Å². The van der Waals surface area contributed by atoms with E-state index in [0.29, 0.717) is 11.5 Å². The van der Waals surface area contributed by atoms with Gasteiger partial charge in [0.15, 0.2) is 6.61 Å². The molecular weight excluding hydrogens is 304 g/mol. The molecule has 1 aromatic rings. The average molecular weight is 332 g/mol. The van der Waals surface area contributed by atoms with E-state index in [1.807, 2.05) is 35.2 Å². The molecule has 2 heterocycles. The predicted octanol–water partition coefficient (Wildman–Crippen LogP) is 2.02. The molecule has 2 aliphatic heterocycles. The van der Waals surface area contributed by atoms with Crippen LogP contribution >= 0.6 is 0 Å². The third-order valence-corrected chi connectivity index (χ3v) is 5.52. The van der Waals surface area contributed by atoms with Gasteiger partial charge in [0.1, 0.15) is 5.75 Å². The van der Waals surface area contributed by atoms with Gasteiger partial charge in [-0.2, -0.15) is 0 Å². The standard InChI is InChI=1S/C19H28N2O3/c1-20-15-19(12-16(20)13-23-2)8-10-21(11-9-19)18(22)14-24-17-6-4-3-5-7-17/h3-7,16H,8-15H2,1-2H3/t16-/m0/s1. The number of likely N-dealkylation sites (tertiary alicyclic amines) is 2. The van der Waals surface area contributed by atoms with Crippen molar-refractivity contribution >= 4 is 5.91 Å². The summed E-state index contributed by atoms with van der Waals surface area (Å²) in [5.41, 5.74) is 0.356. The summed E-state index contributed by atoms with van der Waals surface area (Å²) in [5.74, 6) is 0.840. The summed E-state index contributed by atoms with van der Waals surface area (Å²) in [6.45, 7) is 3.72. The number of amides is 1. The lowest BCUT2D eigenvalue weighted by Gasteiger charge is -2.39. The third kappa shape index (κ3) is 3.90. The second-order valence-electron chi connectivity index (χ2n) is 7.21. The number of ether oxygens (including phenoxy) is 2. The summed E-state index contributed by atoms with van der Waals surface area (Å²) >= 11 is 0. The van der Waals surface area contributed by atoms with Crippen molar-refractivity contribution in [3.05, 3.63) is 30.3 Å². The van der Waals surface area contributed by atoms with Crippen LogP contribution in [0.15, 0.2) is 30.3 Å². The second-order valence-corrected chi connectivity index (χ2v) is 7.21. The topological polar surface area (TPSA) is 42.0 Å². The van der Waals surface area contributed by atoms with Crippen LogP contribution in [0, 0.1) is 5.41 Å². The van der Waals surface area contributed by atoms with Crippen molar-refractivity contribution in [1.82, 2.24) is 9.80 Å². The molecule has 2 fully saturated rings. The number of likely N-dealkylation sites (N-methyl/N-ethyl adjacent to an activating group) is 1. The molecule has 2 aliphatic rings. The van der Waals surface area contributed by atoms with Crippen LogP contribution in [0.4, 0.5) is 0 Å². The van der Waals surface area contributed by atoms with Gasteiger partial charge in [0.2, 0.25) is 0 Å². The molecule has 5 heteroatoms. The second kappa shape index (κ2) is 7.53. The van der Waals surface area contributed by atoms with Gasteiger partial charge in [-0.3, -0.25) is 4.79 Å². The maximum Gasteiger partial charge on any atom is 0.260 e. The number of carbonyl (C=O) groups is 1. The Morgan fingerprint density at radius 3 is 2.62 bits per heavy atom. The molecule has 0 aromatic heterocycles. The van der Waals surface area contributed by atoms with Gasteiger partial charge in [0.05, 0.1) is 6.61 Å². The fraction of sp³-hybridized carbons (Fsp3) is 0.632. The number of hydrogen-bond donors (Lipinski definition) is 0. The highest BCUT2D eigenvalue weighted by Crippen LogP contribution is 2.42. The number of nitrogens with zero attached hydrogens (tertiary/aromatic N) is 2. The Bertz CT molecular complexity index is 541. The van der Waals surface area contributed by atoms with Gasteiger partial charge in [-0.1, -0.05) is 18.2 Å². The highest BCUT2D eigenvalue weighted by molar-refractivity contribution is 5.77. The zero-order valence-electron chi connectivity index (χ0n) is 14.7. The Morgan fingerprint density at radius 1 is 1.25 bits per heavy atom. The lowest BCUT2D eigenvalue weighted by atomic mass is 9.76. The molecule has 24 heavy (non-hydrogen) atoms. The van der Waals surface area contributed by atoms with Crippen LogP contribution in [0.2, 0.25) is 0 Å². The van der Waals surface area contributed by atoms with Gasteiger partial charge in [0.25, 0.3) is 5.91 Å². The number of rotatable bonds is 5. The Kier molecular flexibility index (Phi) is 5.41. The summed E-state index contributed by atoms with van der Waals surface area (Å²) in [5, 5.41) is 0. The Labute approximate surface area is 144 Å². The minimum Gasteiger partial charge on any atom is -0.484 e. The number of hydrogen-bond acceptors (Lipinski definition) is 4. The number of carbonyl (C=O) groups excluding carboxylic acids is 1. The van der Waals surface area contributed by atoms with E-state index in [1.54, 1.807) is 7.11 Å². The zero-order chi connectivity index (χ0) is 17.0. The van der Waals surface area contributed by atoms with E-state index in [9.17, 15) is 4.79 Å². The van der Waals surface area contributed by atoms with E-state index in [2.05, 4.69) is 11.9 Å². The van der Waals surface area contributed by atoms with Gasteiger partial charge in [-0.15, -0.1) is 0 Å². The van der Waals surface area contributed by atoms with Crippen molar-refractivity contribution in [2.24, 2.45) is 5.41 Å². The van der Waals surface area contributed by atoms with Crippen LogP contribution in [0.5, 0.6) is 5.75 Å². The number of piperidine rings is 1. The first-order chi connectivity index (χ1) is 11.6. The van der Waals surface area contributed by atoms with Crippen molar-refractivity contribution in [2.75, 3.05) is 47.0 Å². The Balaban J connectivity index is 1.47. The molecule has 1 aromatic carbocycles. The van der Waals surface area contributed by atoms with E-state index >= 15 is 0 Å². The molecular formula is C19H28N2O3. The van der Waals surface area contributed by atoms with Crippen molar-refractivity contribution in [3.8, 4) is 5.75 Å². The molecule has 0 saturated carbocycles. The van der Waals surface area contributed by atoms with Crippen molar-refractivity contribution in [2.45, 2.75) is 25.3 Å². The maximum absolute atomic E-state index is 12.4. The fourth-order valence-corrected chi connectivity index (χ4v) is 4.10. The van der Waals surface area contributed by atoms with Gasteiger partial charge in [0, 0.05) is 32.8 Å². The summed E-state index contributed by atoms with van der Waals surface area (Å²) < 4.78 is 10.9. The van der Waals surface area contributed by atoms with E-state index in [0.717, 1.165) is 44.8 Å². The minimum absolute atomic E-state index is 0.0912. The number of methoxy groups -OCH3 is 1. The zero-order valence-corrected chi connectivity index (χ0v) is 14.7. The van der Waals surface area contributed by atoms with E-state index in [-0.39, 0.29) is 12.5 Å². The molecule has 1 spiro atoms. The first-order valence-electron chi connectivity index (χ1n) is 8.77. The molecule has 0 unspecified atom stereocenters. The van der Waals surface area contributed by atoms with Crippen molar-refractivity contribution in [1.29, 1.82) is 0 Å². The molecule has 3 rings (SSSR count). The van der Waals surface area contributed by atoms with Gasteiger partial charge in [-0.25, -0.2) is 0 Å². The lowest BCUT2D eigenvalue weighted by Crippen LogP contribution is -2.45. The molecule has 0 radical (unpaired) electrons. The quantitative estimate of drug-likeness (QED) is 0.827. The van der Waals surface area contributed by atoms with Crippen LogP contribution < -0.4 is 4.74 Å². The largest absolute Gasteiger partial charge is 0.484 e. The Hall–Kier alpha value is -1.59. The summed E-state index contributed by atoms with van der Waals surface area (Å²) in [6, 6.07) is 10.0. The molecule has 0 aliphatic carbocycles. The summed E-state index contributed by atoms with van der Waals surface area (Å²) in [4.78, 5) is 16.7. The average Bonchev–Trinajstić information content (AvgIpc) is 2.90. The number of para-hydroxylation sites is 1. The fourth-order valence-electron chi connectivity index (χ4n) is 4.10. The van der Waals surface area contributed by atoms with Crippen molar-refractivity contribution < 1.29 is 14.3 Å². The van der Waals surface area contributed by atoms with Crippen molar-refractivity contribution in [3.63, 3.8) is 0 Å². The first kappa shape index (κ1) is 17.2. The van der Waals surface area contributed by atoms with Crippen LogP contribution in [-0.4, -0.2) is 68.8 Å². The predicted molar refractivity (Wildman–Crippen MR) is 93.1 cm³/mol. The summed E-state index contributed by atoms with van der Waals surface area (Å²) in [6.07, 6.45) is 3.34.